The predicted molar refractivity (Wildman–Crippen MR) is 82.6 cm³/mol. The highest BCUT2D eigenvalue weighted by Gasteiger charge is 2.34. The van der Waals surface area contributed by atoms with Gasteiger partial charge in [0.1, 0.15) is 5.56 Å². The van der Waals surface area contributed by atoms with Crippen LogP contribution in [0.1, 0.15) is 35.0 Å². The van der Waals surface area contributed by atoms with Crippen LogP contribution in [0, 0.1) is 0 Å². The maximum atomic E-state index is 12.9. The van der Waals surface area contributed by atoms with Gasteiger partial charge in [0.05, 0.1) is 13.2 Å². The lowest BCUT2D eigenvalue weighted by Crippen LogP contribution is -2.32. The molecule has 0 spiro atoms. The first-order valence-corrected chi connectivity index (χ1v) is 8.08. The van der Waals surface area contributed by atoms with Crippen LogP contribution in [0.3, 0.4) is 0 Å². The Morgan fingerprint density at radius 1 is 1.43 bits per heavy atom. The molecular weight excluding hydrogens is 284 g/mol. The fraction of sp³-hybridized carbons (Fsp3) is 0.375. The van der Waals surface area contributed by atoms with Gasteiger partial charge in [0, 0.05) is 17.1 Å². The topological polar surface area (TPSA) is 42.4 Å². The zero-order chi connectivity index (χ0) is 14.7. The zero-order valence-electron chi connectivity index (χ0n) is 12.0. The molecule has 1 saturated carbocycles. The molecule has 1 amide bonds. The van der Waals surface area contributed by atoms with E-state index in [0.717, 1.165) is 12.8 Å². The zero-order valence-corrected chi connectivity index (χ0v) is 12.8. The Hall–Kier alpha value is -1.88. The second-order valence-corrected chi connectivity index (χ2v) is 6.06. The summed E-state index contributed by atoms with van der Waals surface area (Å²) in [5.74, 6) is 0.448. The van der Waals surface area contributed by atoms with E-state index in [-0.39, 0.29) is 5.91 Å². The van der Waals surface area contributed by atoms with Gasteiger partial charge in [0.2, 0.25) is 5.88 Å². The second-order valence-electron chi connectivity index (χ2n) is 5.03. The number of carbonyl (C=O) groups is 1. The summed E-state index contributed by atoms with van der Waals surface area (Å²) in [6.07, 6.45) is 3.82. The number of pyridine rings is 1. The molecular formula is C16H18N2O2S. The van der Waals surface area contributed by atoms with E-state index in [1.165, 1.54) is 4.88 Å². The molecule has 21 heavy (non-hydrogen) atoms. The number of amides is 1. The molecule has 0 aromatic carbocycles. The summed E-state index contributed by atoms with van der Waals surface area (Å²) in [6, 6.07) is 8.02. The van der Waals surface area contributed by atoms with E-state index in [4.69, 9.17) is 4.74 Å². The fourth-order valence-electron chi connectivity index (χ4n) is 2.28. The third-order valence-electron chi connectivity index (χ3n) is 3.44. The molecule has 0 atom stereocenters. The van der Waals surface area contributed by atoms with Gasteiger partial charge in [-0.2, -0.15) is 0 Å². The van der Waals surface area contributed by atoms with Crippen LogP contribution in [0.2, 0.25) is 0 Å². The van der Waals surface area contributed by atoms with Crippen LogP contribution in [0.15, 0.2) is 35.8 Å². The Morgan fingerprint density at radius 2 is 2.29 bits per heavy atom. The van der Waals surface area contributed by atoms with Crippen molar-refractivity contribution in [1.29, 1.82) is 0 Å². The molecule has 4 nitrogen and oxygen atoms in total. The molecule has 3 rings (SSSR count). The average molecular weight is 302 g/mol. The quantitative estimate of drug-likeness (QED) is 0.822. The lowest BCUT2D eigenvalue weighted by atomic mass is 10.2. The Balaban J connectivity index is 1.84. The van der Waals surface area contributed by atoms with Gasteiger partial charge in [0.15, 0.2) is 0 Å². The van der Waals surface area contributed by atoms with Crippen molar-refractivity contribution < 1.29 is 9.53 Å². The molecule has 110 valence electrons. The first-order chi connectivity index (χ1) is 10.3. The summed E-state index contributed by atoms with van der Waals surface area (Å²) in [7, 11) is 0. The van der Waals surface area contributed by atoms with Crippen molar-refractivity contribution >= 4 is 17.2 Å². The van der Waals surface area contributed by atoms with E-state index in [9.17, 15) is 4.79 Å². The van der Waals surface area contributed by atoms with Crippen LogP contribution in [-0.4, -0.2) is 28.4 Å². The van der Waals surface area contributed by atoms with Gasteiger partial charge in [-0.15, -0.1) is 11.3 Å². The SMILES string of the molecule is CCOc1ncccc1C(=O)N(Cc1cccs1)C1CC1. The van der Waals surface area contributed by atoms with E-state index in [1.54, 1.807) is 29.7 Å². The number of carbonyl (C=O) groups excluding carboxylic acids is 1. The smallest absolute Gasteiger partial charge is 0.259 e. The number of rotatable bonds is 6. The Kier molecular flexibility index (Phi) is 4.20. The molecule has 0 bridgehead atoms. The summed E-state index contributed by atoms with van der Waals surface area (Å²) >= 11 is 1.68. The Morgan fingerprint density at radius 3 is 2.95 bits per heavy atom. The molecule has 5 heteroatoms. The van der Waals surface area contributed by atoms with Gasteiger partial charge >= 0.3 is 0 Å². The lowest BCUT2D eigenvalue weighted by Gasteiger charge is -2.22. The molecule has 0 saturated heterocycles. The minimum Gasteiger partial charge on any atom is -0.477 e. The van der Waals surface area contributed by atoms with Crippen LogP contribution in [-0.2, 0) is 6.54 Å². The van der Waals surface area contributed by atoms with Gasteiger partial charge in [-0.05, 0) is 43.3 Å². The largest absolute Gasteiger partial charge is 0.477 e. The van der Waals surface area contributed by atoms with Crippen LogP contribution in [0.5, 0.6) is 5.88 Å². The summed E-state index contributed by atoms with van der Waals surface area (Å²) in [6.45, 7) is 3.07. The molecule has 2 heterocycles. The van der Waals surface area contributed by atoms with Gasteiger partial charge < -0.3 is 9.64 Å². The first kappa shape index (κ1) is 14.1. The highest BCUT2D eigenvalue weighted by Crippen LogP contribution is 2.31. The van der Waals surface area contributed by atoms with E-state index in [2.05, 4.69) is 11.1 Å². The average Bonchev–Trinajstić information content (AvgIpc) is 3.21. The number of hydrogen-bond acceptors (Lipinski definition) is 4. The lowest BCUT2D eigenvalue weighted by molar-refractivity contribution is 0.0726. The van der Waals surface area contributed by atoms with Crippen molar-refractivity contribution in [2.24, 2.45) is 0 Å². The molecule has 1 aliphatic rings. The van der Waals surface area contributed by atoms with Crippen LogP contribution < -0.4 is 4.74 Å². The highest BCUT2D eigenvalue weighted by molar-refractivity contribution is 7.09. The van der Waals surface area contributed by atoms with Crippen molar-refractivity contribution in [2.75, 3.05) is 6.61 Å². The standard InChI is InChI=1S/C16H18N2O2S/c1-2-20-15-14(6-3-9-17-15)16(19)18(12-7-8-12)11-13-5-4-10-21-13/h3-6,9-10,12H,2,7-8,11H2,1H3. The molecule has 0 aliphatic heterocycles. The van der Waals surface area contributed by atoms with Crippen LogP contribution >= 0.6 is 11.3 Å². The molecule has 1 aliphatic carbocycles. The summed E-state index contributed by atoms with van der Waals surface area (Å²) in [4.78, 5) is 20.2. The summed E-state index contributed by atoms with van der Waals surface area (Å²) in [5, 5.41) is 2.04. The Bertz CT molecular complexity index is 608. The minimum absolute atomic E-state index is 0.0162. The monoisotopic (exact) mass is 302 g/mol. The van der Waals surface area contributed by atoms with E-state index in [0.29, 0.717) is 30.6 Å². The number of hydrogen-bond donors (Lipinski definition) is 0. The number of aromatic nitrogens is 1. The summed E-state index contributed by atoms with van der Waals surface area (Å²) in [5.41, 5.74) is 0.558. The highest BCUT2D eigenvalue weighted by atomic mass is 32.1. The molecule has 0 radical (unpaired) electrons. The molecule has 1 fully saturated rings. The second kappa shape index (κ2) is 6.26. The molecule has 0 N–H and O–H groups in total. The first-order valence-electron chi connectivity index (χ1n) is 7.20. The van der Waals surface area contributed by atoms with Crippen molar-refractivity contribution in [3.05, 3.63) is 46.3 Å². The van der Waals surface area contributed by atoms with Crippen LogP contribution in [0.4, 0.5) is 0 Å². The van der Waals surface area contributed by atoms with Gasteiger partial charge in [-0.3, -0.25) is 4.79 Å². The number of thiophene rings is 1. The fourth-order valence-corrected chi connectivity index (χ4v) is 2.99. The van der Waals surface area contributed by atoms with Gasteiger partial charge in [0.25, 0.3) is 5.91 Å². The number of nitrogens with zero attached hydrogens (tertiary/aromatic N) is 2. The van der Waals surface area contributed by atoms with Crippen LogP contribution in [0.25, 0.3) is 0 Å². The van der Waals surface area contributed by atoms with E-state index < -0.39 is 0 Å². The third-order valence-corrected chi connectivity index (χ3v) is 4.30. The summed E-state index contributed by atoms with van der Waals surface area (Å²) < 4.78 is 5.49. The van der Waals surface area contributed by atoms with E-state index >= 15 is 0 Å². The predicted octanol–water partition coefficient (Wildman–Crippen LogP) is 3.35. The maximum Gasteiger partial charge on any atom is 0.259 e. The van der Waals surface area contributed by atoms with Crippen molar-refractivity contribution in [3.8, 4) is 5.88 Å². The Labute approximate surface area is 128 Å². The van der Waals surface area contributed by atoms with Crippen molar-refractivity contribution in [1.82, 2.24) is 9.88 Å². The maximum absolute atomic E-state index is 12.9. The third kappa shape index (κ3) is 3.24. The minimum atomic E-state index is 0.0162. The van der Waals surface area contributed by atoms with E-state index in [1.807, 2.05) is 23.3 Å². The molecule has 2 aromatic heterocycles. The molecule has 0 unspecified atom stereocenters. The number of ether oxygens (including phenoxy) is 1. The van der Waals surface area contributed by atoms with Crippen molar-refractivity contribution in [2.45, 2.75) is 32.4 Å². The normalized spacial score (nSPS) is 14.0. The van der Waals surface area contributed by atoms with Crippen molar-refractivity contribution in [3.63, 3.8) is 0 Å². The van der Waals surface area contributed by atoms with Gasteiger partial charge in [-0.1, -0.05) is 6.07 Å². The van der Waals surface area contributed by atoms with Gasteiger partial charge in [-0.25, -0.2) is 4.98 Å². The molecule has 2 aromatic rings.